The number of halogens is 1. The van der Waals surface area contributed by atoms with E-state index in [2.05, 4.69) is 25.9 Å². The second-order valence-corrected chi connectivity index (χ2v) is 4.62. The highest BCUT2D eigenvalue weighted by Gasteiger charge is 2.14. The first-order valence-corrected chi connectivity index (χ1v) is 6.32. The number of aliphatic hydroxyl groups is 1. The van der Waals surface area contributed by atoms with Crippen LogP contribution in [0.25, 0.3) is 11.4 Å². The maximum absolute atomic E-state index is 9.12. The Morgan fingerprint density at radius 2 is 2.06 bits per heavy atom. The highest BCUT2D eigenvalue weighted by Crippen LogP contribution is 2.34. The van der Waals surface area contributed by atoms with Crippen molar-refractivity contribution in [2.45, 2.75) is 6.61 Å². The van der Waals surface area contributed by atoms with Gasteiger partial charge in [-0.1, -0.05) is 0 Å². The summed E-state index contributed by atoms with van der Waals surface area (Å²) in [4.78, 5) is 7.36. The van der Waals surface area contributed by atoms with Crippen LogP contribution in [-0.2, 0) is 6.61 Å². The maximum atomic E-state index is 9.12. The molecule has 1 aliphatic heterocycles. The highest BCUT2D eigenvalue weighted by atomic mass is 79.9. The Morgan fingerprint density at radius 3 is 2.78 bits per heavy atom. The Hall–Kier alpha value is -1.53. The van der Waals surface area contributed by atoms with Crippen molar-refractivity contribution >= 4 is 15.9 Å². The largest absolute Gasteiger partial charge is 0.486 e. The zero-order valence-corrected chi connectivity index (χ0v) is 11.0. The Bertz CT molecular complexity index is 583. The van der Waals surface area contributed by atoms with E-state index in [1.165, 1.54) is 0 Å². The number of hydrogen-bond acceptors (Lipinski definition) is 4. The number of imidazole rings is 1. The van der Waals surface area contributed by atoms with Gasteiger partial charge in [0.15, 0.2) is 11.5 Å². The number of aromatic nitrogens is 2. The van der Waals surface area contributed by atoms with Crippen LogP contribution in [-0.4, -0.2) is 28.3 Å². The van der Waals surface area contributed by atoms with Crippen molar-refractivity contribution in [2.24, 2.45) is 0 Å². The molecular formula is C12H11BrN2O3. The van der Waals surface area contributed by atoms with Gasteiger partial charge in [0, 0.05) is 5.56 Å². The van der Waals surface area contributed by atoms with Crippen LogP contribution < -0.4 is 9.47 Å². The summed E-state index contributed by atoms with van der Waals surface area (Å²) in [5.74, 6) is 2.15. The number of rotatable bonds is 2. The van der Waals surface area contributed by atoms with Gasteiger partial charge in [-0.2, -0.15) is 0 Å². The molecule has 1 aromatic heterocycles. The summed E-state index contributed by atoms with van der Waals surface area (Å²) in [5.41, 5.74) is 1.54. The fourth-order valence-electron chi connectivity index (χ4n) is 1.82. The number of hydrogen-bond donors (Lipinski definition) is 2. The molecule has 1 aliphatic rings. The first kappa shape index (κ1) is 11.6. The molecule has 94 valence electrons. The average Bonchev–Trinajstić information content (AvgIpc) is 2.79. The van der Waals surface area contributed by atoms with Crippen LogP contribution in [0.2, 0.25) is 0 Å². The lowest BCUT2D eigenvalue weighted by Crippen LogP contribution is -2.15. The number of H-pyrrole nitrogens is 1. The zero-order chi connectivity index (χ0) is 12.5. The smallest absolute Gasteiger partial charge is 0.162 e. The van der Waals surface area contributed by atoms with Crippen molar-refractivity contribution in [2.75, 3.05) is 13.2 Å². The normalized spacial score (nSPS) is 13.7. The average molecular weight is 311 g/mol. The van der Waals surface area contributed by atoms with Crippen molar-refractivity contribution in [3.8, 4) is 22.9 Å². The third-order valence-corrected chi connectivity index (χ3v) is 3.36. The van der Waals surface area contributed by atoms with Crippen LogP contribution in [0.3, 0.4) is 0 Å². The van der Waals surface area contributed by atoms with E-state index in [-0.39, 0.29) is 6.61 Å². The number of aliphatic hydroxyl groups excluding tert-OH is 1. The van der Waals surface area contributed by atoms with Gasteiger partial charge in [-0.15, -0.1) is 0 Å². The molecule has 0 bridgehead atoms. The molecule has 0 spiro atoms. The minimum absolute atomic E-state index is 0.0852. The van der Waals surface area contributed by atoms with Gasteiger partial charge < -0.3 is 19.6 Å². The van der Waals surface area contributed by atoms with Gasteiger partial charge in [-0.25, -0.2) is 4.98 Å². The third-order valence-electron chi connectivity index (χ3n) is 2.70. The van der Waals surface area contributed by atoms with E-state index in [0.717, 1.165) is 17.1 Å². The Labute approximate surface area is 112 Å². The van der Waals surface area contributed by atoms with E-state index in [4.69, 9.17) is 14.6 Å². The van der Waals surface area contributed by atoms with Gasteiger partial charge in [-0.05, 0) is 34.1 Å². The van der Waals surface area contributed by atoms with Gasteiger partial charge in [0.1, 0.15) is 23.6 Å². The molecule has 2 N–H and O–H groups in total. The van der Waals surface area contributed by atoms with Crippen LogP contribution in [0.5, 0.6) is 11.5 Å². The number of ether oxygens (including phenoxy) is 2. The summed E-state index contributed by atoms with van der Waals surface area (Å²) in [6.07, 6.45) is 0. The maximum Gasteiger partial charge on any atom is 0.162 e. The lowest BCUT2D eigenvalue weighted by Gasteiger charge is -2.18. The molecule has 2 heterocycles. The summed E-state index contributed by atoms with van der Waals surface area (Å²) < 4.78 is 11.6. The predicted octanol–water partition coefficient (Wildman–Crippen LogP) is 2.10. The summed E-state index contributed by atoms with van der Waals surface area (Å²) in [6, 6.07) is 5.64. The number of fused-ring (bicyclic) bond motifs is 1. The molecular weight excluding hydrogens is 300 g/mol. The Kier molecular flexibility index (Phi) is 2.97. The lowest BCUT2D eigenvalue weighted by atomic mass is 10.2. The van der Waals surface area contributed by atoms with Gasteiger partial charge in [0.25, 0.3) is 0 Å². The van der Waals surface area contributed by atoms with E-state index in [1.807, 2.05) is 18.2 Å². The SMILES string of the molecule is OCc1[nH]c(-c2ccc3c(c2)OCCO3)nc1Br. The van der Waals surface area contributed by atoms with Crippen molar-refractivity contribution < 1.29 is 14.6 Å². The predicted molar refractivity (Wildman–Crippen MR) is 68.6 cm³/mol. The minimum Gasteiger partial charge on any atom is -0.486 e. The number of benzene rings is 1. The monoisotopic (exact) mass is 310 g/mol. The molecule has 0 saturated carbocycles. The lowest BCUT2D eigenvalue weighted by molar-refractivity contribution is 0.171. The van der Waals surface area contributed by atoms with E-state index < -0.39 is 0 Å². The van der Waals surface area contributed by atoms with Gasteiger partial charge in [0.2, 0.25) is 0 Å². The fourth-order valence-corrected chi connectivity index (χ4v) is 2.22. The van der Waals surface area contributed by atoms with Gasteiger partial charge >= 0.3 is 0 Å². The zero-order valence-electron chi connectivity index (χ0n) is 9.44. The number of nitrogens with one attached hydrogen (secondary N) is 1. The van der Waals surface area contributed by atoms with Crippen molar-refractivity contribution in [1.29, 1.82) is 0 Å². The standard InChI is InChI=1S/C12H11BrN2O3/c13-11-8(6-16)14-12(15-11)7-1-2-9-10(5-7)18-4-3-17-9/h1-2,5,16H,3-4,6H2,(H,14,15). The van der Waals surface area contributed by atoms with Crippen LogP contribution in [0, 0.1) is 0 Å². The minimum atomic E-state index is -0.0852. The fraction of sp³-hybridized carbons (Fsp3) is 0.250. The van der Waals surface area contributed by atoms with Gasteiger partial charge in [0.05, 0.1) is 12.3 Å². The molecule has 0 radical (unpaired) electrons. The highest BCUT2D eigenvalue weighted by molar-refractivity contribution is 9.10. The molecule has 0 unspecified atom stereocenters. The number of nitrogens with zero attached hydrogens (tertiary/aromatic N) is 1. The molecule has 1 aromatic carbocycles. The summed E-state index contributed by atoms with van der Waals surface area (Å²) in [5, 5.41) is 9.12. The Balaban J connectivity index is 2.00. The summed E-state index contributed by atoms with van der Waals surface area (Å²) >= 11 is 3.29. The molecule has 0 aliphatic carbocycles. The van der Waals surface area contributed by atoms with Crippen LogP contribution >= 0.6 is 15.9 Å². The van der Waals surface area contributed by atoms with Crippen LogP contribution in [0.1, 0.15) is 5.69 Å². The van der Waals surface area contributed by atoms with E-state index in [9.17, 15) is 0 Å². The number of aromatic amines is 1. The molecule has 2 aromatic rings. The molecule has 5 nitrogen and oxygen atoms in total. The van der Waals surface area contributed by atoms with Crippen LogP contribution in [0.15, 0.2) is 22.8 Å². The second-order valence-electron chi connectivity index (χ2n) is 3.87. The molecule has 0 amide bonds. The molecule has 3 rings (SSSR count). The quantitative estimate of drug-likeness (QED) is 0.891. The topological polar surface area (TPSA) is 67.4 Å². The van der Waals surface area contributed by atoms with Crippen molar-refractivity contribution in [3.63, 3.8) is 0 Å². The third kappa shape index (κ3) is 1.97. The van der Waals surface area contributed by atoms with E-state index in [0.29, 0.717) is 29.3 Å². The molecule has 6 heteroatoms. The van der Waals surface area contributed by atoms with E-state index >= 15 is 0 Å². The first-order valence-electron chi connectivity index (χ1n) is 5.53. The molecule has 18 heavy (non-hydrogen) atoms. The first-order chi connectivity index (χ1) is 8.78. The summed E-state index contributed by atoms with van der Waals surface area (Å²) in [6.45, 7) is 1.05. The van der Waals surface area contributed by atoms with Crippen molar-refractivity contribution in [3.05, 3.63) is 28.5 Å². The molecule has 0 saturated heterocycles. The van der Waals surface area contributed by atoms with Gasteiger partial charge in [-0.3, -0.25) is 0 Å². The Morgan fingerprint density at radius 1 is 1.28 bits per heavy atom. The van der Waals surface area contributed by atoms with E-state index in [1.54, 1.807) is 0 Å². The molecule has 0 fully saturated rings. The molecule has 0 atom stereocenters. The second kappa shape index (κ2) is 4.62. The summed E-state index contributed by atoms with van der Waals surface area (Å²) in [7, 11) is 0. The van der Waals surface area contributed by atoms with Crippen molar-refractivity contribution in [1.82, 2.24) is 9.97 Å². The van der Waals surface area contributed by atoms with Crippen LogP contribution in [0.4, 0.5) is 0 Å².